The number of ether oxygens (including phenoxy) is 1. The largest absolute Gasteiger partial charge is 0.481 e. The highest BCUT2D eigenvalue weighted by Crippen LogP contribution is 2.18. The summed E-state index contributed by atoms with van der Waals surface area (Å²) in [5.41, 5.74) is 0.643. The molecule has 1 unspecified atom stereocenters. The van der Waals surface area contributed by atoms with Crippen LogP contribution in [-0.4, -0.2) is 32.2 Å². The van der Waals surface area contributed by atoms with Crippen molar-refractivity contribution >= 4 is 27.8 Å². The van der Waals surface area contributed by atoms with Crippen molar-refractivity contribution in [3.8, 4) is 17.3 Å². The first-order valence-electron chi connectivity index (χ1n) is 7.19. The molecule has 0 bridgehead atoms. The van der Waals surface area contributed by atoms with Gasteiger partial charge in [0, 0.05) is 10.7 Å². The molecule has 0 fully saturated rings. The minimum absolute atomic E-state index is 0.173. The Morgan fingerprint density at radius 2 is 2.04 bits per heavy atom. The summed E-state index contributed by atoms with van der Waals surface area (Å²) >= 11 is 3.35. The third-order valence-electron chi connectivity index (χ3n) is 3.12. The summed E-state index contributed by atoms with van der Waals surface area (Å²) in [7, 11) is 0. The van der Waals surface area contributed by atoms with Crippen LogP contribution in [0.1, 0.15) is 6.92 Å². The summed E-state index contributed by atoms with van der Waals surface area (Å²) in [5, 5.41) is 9.31. The molecule has 8 heteroatoms. The zero-order valence-corrected chi connectivity index (χ0v) is 14.3. The second kappa shape index (κ2) is 7.22. The van der Waals surface area contributed by atoms with Gasteiger partial charge in [-0.1, -0.05) is 22.0 Å². The highest BCUT2D eigenvalue weighted by Gasteiger charge is 2.17. The Kier molecular flexibility index (Phi) is 4.85. The van der Waals surface area contributed by atoms with E-state index < -0.39 is 6.10 Å². The number of hydrogen-bond acceptors (Lipinski definition) is 5. The number of carbonyl (C=O) groups excluding carboxylic acids is 1. The second-order valence-electron chi connectivity index (χ2n) is 4.93. The molecule has 2 N–H and O–H groups in total. The Morgan fingerprint density at radius 1 is 1.25 bits per heavy atom. The summed E-state index contributed by atoms with van der Waals surface area (Å²) in [5.74, 6) is 0.911. The lowest BCUT2D eigenvalue weighted by Gasteiger charge is -2.13. The van der Waals surface area contributed by atoms with E-state index in [9.17, 15) is 4.79 Å². The highest BCUT2D eigenvalue weighted by molar-refractivity contribution is 9.10. The summed E-state index contributed by atoms with van der Waals surface area (Å²) in [6, 6.07) is 12.7. The van der Waals surface area contributed by atoms with Gasteiger partial charge >= 0.3 is 0 Å². The van der Waals surface area contributed by atoms with Crippen LogP contribution in [-0.2, 0) is 4.79 Å². The predicted octanol–water partition coefficient (Wildman–Crippen LogP) is 3.04. The average Bonchev–Trinajstić information content (AvgIpc) is 3.06. The lowest BCUT2D eigenvalue weighted by Crippen LogP contribution is -2.30. The molecule has 122 valence electrons. The van der Waals surface area contributed by atoms with Crippen molar-refractivity contribution in [2.24, 2.45) is 0 Å². The number of amides is 1. The Bertz CT molecular complexity index is 820. The number of aromatic amines is 1. The van der Waals surface area contributed by atoms with Crippen molar-refractivity contribution in [2.45, 2.75) is 13.0 Å². The summed E-state index contributed by atoms with van der Waals surface area (Å²) in [6.07, 6.45) is 0.965. The topological polar surface area (TPSA) is 92.8 Å². The van der Waals surface area contributed by atoms with Gasteiger partial charge in [-0.2, -0.15) is 4.98 Å². The molecule has 0 aliphatic heterocycles. The lowest BCUT2D eigenvalue weighted by atomic mass is 10.3. The fraction of sp³-hybridized carbons (Fsp3) is 0.125. The highest BCUT2D eigenvalue weighted by atomic mass is 79.9. The number of nitrogens with one attached hydrogen (secondary N) is 2. The van der Waals surface area contributed by atoms with Gasteiger partial charge in [0.15, 0.2) is 11.9 Å². The van der Waals surface area contributed by atoms with E-state index in [1.54, 1.807) is 31.3 Å². The number of pyridine rings is 1. The summed E-state index contributed by atoms with van der Waals surface area (Å²) in [4.78, 5) is 20.5. The Hall–Kier alpha value is -2.74. The molecule has 3 rings (SSSR count). The molecule has 0 radical (unpaired) electrons. The first-order chi connectivity index (χ1) is 11.6. The zero-order valence-electron chi connectivity index (χ0n) is 12.7. The second-order valence-corrected chi connectivity index (χ2v) is 5.84. The SMILES string of the molecule is CC(Oc1ccc(Br)cc1)C(=O)Nc1n[nH]c(-c2ccccn2)n1. The monoisotopic (exact) mass is 387 g/mol. The van der Waals surface area contributed by atoms with E-state index in [4.69, 9.17) is 4.74 Å². The average molecular weight is 388 g/mol. The van der Waals surface area contributed by atoms with Crippen LogP contribution in [0.2, 0.25) is 0 Å². The van der Waals surface area contributed by atoms with Crippen molar-refractivity contribution < 1.29 is 9.53 Å². The number of H-pyrrole nitrogens is 1. The maximum Gasteiger partial charge on any atom is 0.267 e. The maximum atomic E-state index is 12.2. The molecule has 1 aromatic carbocycles. The molecule has 2 heterocycles. The van der Waals surface area contributed by atoms with Gasteiger partial charge in [0.25, 0.3) is 5.91 Å². The number of carbonyl (C=O) groups is 1. The Labute approximate surface area is 146 Å². The lowest BCUT2D eigenvalue weighted by molar-refractivity contribution is -0.122. The van der Waals surface area contributed by atoms with Crippen molar-refractivity contribution in [1.29, 1.82) is 0 Å². The molecule has 0 aliphatic carbocycles. The van der Waals surface area contributed by atoms with Crippen LogP contribution >= 0.6 is 15.9 Å². The Balaban J connectivity index is 1.62. The van der Waals surface area contributed by atoms with Crippen LogP contribution in [0.25, 0.3) is 11.5 Å². The molecule has 2 aromatic heterocycles. The number of hydrogen-bond donors (Lipinski definition) is 2. The fourth-order valence-electron chi connectivity index (χ4n) is 1.92. The van der Waals surface area contributed by atoms with Gasteiger partial charge in [0.05, 0.1) is 0 Å². The van der Waals surface area contributed by atoms with E-state index in [-0.39, 0.29) is 11.9 Å². The zero-order chi connectivity index (χ0) is 16.9. The normalized spacial score (nSPS) is 11.8. The molecule has 0 saturated heterocycles. The van der Waals surface area contributed by atoms with Crippen LogP contribution in [0.3, 0.4) is 0 Å². The first-order valence-corrected chi connectivity index (χ1v) is 7.98. The molecule has 7 nitrogen and oxygen atoms in total. The van der Waals surface area contributed by atoms with E-state index in [1.165, 1.54) is 0 Å². The molecule has 1 amide bonds. The van der Waals surface area contributed by atoms with Crippen molar-refractivity contribution in [2.75, 3.05) is 5.32 Å². The van der Waals surface area contributed by atoms with Crippen LogP contribution < -0.4 is 10.1 Å². The van der Waals surface area contributed by atoms with Crippen LogP contribution in [0, 0.1) is 0 Å². The number of nitrogens with zero attached hydrogens (tertiary/aromatic N) is 3. The minimum atomic E-state index is -0.692. The predicted molar refractivity (Wildman–Crippen MR) is 92.5 cm³/mol. The van der Waals surface area contributed by atoms with Crippen molar-refractivity contribution in [1.82, 2.24) is 20.2 Å². The first kappa shape index (κ1) is 16.1. The quantitative estimate of drug-likeness (QED) is 0.701. The van der Waals surface area contributed by atoms with E-state index in [1.807, 2.05) is 24.3 Å². The van der Waals surface area contributed by atoms with Gasteiger partial charge in [-0.05, 0) is 43.3 Å². The molecule has 0 aliphatic rings. The standard InChI is InChI=1S/C16H14BrN5O2/c1-10(24-12-7-5-11(17)6-8-12)15(23)20-16-19-14(21-22-16)13-4-2-3-9-18-13/h2-10H,1H3,(H2,19,20,21,22,23). The third kappa shape index (κ3) is 3.96. The van der Waals surface area contributed by atoms with Gasteiger partial charge in [-0.25, -0.2) is 0 Å². The number of anilines is 1. The molecule has 0 spiro atoms. The van der Waals surface area contributed by atoms with Crippen LogP contribution in [0.4, 0.5) is 5.95 Å². The van der Waals surface area contributed by atoms with Crippen LogP contribution in [0.5, 0.6) is 5.75 Å². The molecule has 24 heavy (non-hydrogen) atoms. The summed E-state index contributed by atoms with van der Waals surface area (Å²) < 4.78 is 6.52. The fourth-order valence-corrected chi connectivity index (χ4v) is 2.18. The molecular formula is C16H14BrN5O2. The van der Waals surface area contributed by atoms with E-state index >= 15 is 0 Å². The third-order valence-corrected chi connectivity index (χ3v) is 3.65. The van der Waals surface area contributed by atoms with E-state index in [2.05, 4.69) is 41.4 Å². The van der Waals surface area contributed by atoms with Gasteiger partial charge in [0.1, 0.15) is 11.4 Å². The number of benzene rings is 1. The summed E-state index contributed by atoms with van der Waals surface area (Å²) in [6.45, 7) is 1.66. The molecular weight excluding hydrogens is 374 g/mol. The smallest absolute Gasteiger partial charge is 0.267 e. The van der Waals surface area contributed by atoms with Gasteiger partial charge < -0.3 is 4.74 Å². The molecule has 0 saturated carbocycles. The van der Waals surface area contributed by atoms with E-state index in [0.717, 1.165) is 4.47 Å². The molecule has 1 atom stereocenters. The number of rotatable bonds is 5. The van der Waals surface area contributed by atoms with Gasteiger partial charge in [0.2, 0.25) is 5.95 Å². The van der Waals surface area contributed by atoms with Crippen molar-refractivity contribution in [3.63, 3.8) is 0 Å². The van der Waals surface area contributed by atoms with Gasteiger partial charge in [-0.15, -0.1) is 5.10 Å². The van der Waals surface area contributed by atoms with E-state index in [0.29, 0.717) is 17.3 Å². The molecule has 3 aromatic rings. The number of aromatic nitrogens is 4. The van der Waals surface area contributed by atoms with Crippen LogP contribution in [0.15, 0.2) is 53.1 Å². The Morgan fingerprint density at radius 3 is 2.75 bits per heavy atom. The number of halogens is 1. The maximum absolute atomic E-state index is 12.2. The minimum Gasteiger partial charge on any atom is -0.481 e. The van der Waals surface area contributed by atoms with Crippen molar-refractivity contribution in [3.05, 3.63) is 53.1 Å². The van der Waals surface area contributed by atoms with Gasteiger partial charge in [-0.3, -0.25) is 20.2 Å².